The van der Waals surface area contributed by atoms with E-state index in [1.165, 1.54) is 6.07 Å². The summed E-state index contributed by atoms with van der Waals surface area (Å²) in [5.41, 5.74) is 0.337. The van der Waals surface area contributed by atoms with Crippen LogP contribution in [0, 0.1) is 0 Å². The lowest BCUT2D eigenvalue weighted by atomic mass is 10.1. The van der Waals surface area contributed by atoms with Crippen molar-refractivity contribution in [1.29, 1.82) is 0 Å². The van der Waals surface area contributed by atoms with Gasteiger partial charge in [0.05, 0.1) is 18.7 Å². The lowest BCUT2D eigenvalue weighted by Gasteiger charge is -2.26. The Hall–Kier alpha value is -1.59. The van der Waals surface area contributed by atoms with E-state index >= 15 is 0 Å². The highest BCUT2D eigenvalue weighted by atomic mass is 16.5. The van der Waals surface area contributed by atoms with Crippen LogP contribution in [0.3, 0.4) is 0 Å². The van der Waals surface area contributed by atoms with Gasteiger partial charge in [-0.15, -0.1) is 0 Å². The molecule has 1 aliphatic rings. The first-order valence-electron chi connectivity index (χ1n) is 6.63. The molecule has 19 heavy (non-hydrogen) atoms. The van der Waals surface area contributed by atoms with Gasteiger partial charge in [-0.05, 0) is 25.1 Å². The Labute approximate surface area is 113 Å². The van der Waals surface area contributed by atoms with Crippen LogP contribution >= 0.6 is 0 Å². The number of nitrogens with one attached hydrogen (secondary N) is 1. The fourth-order valence-corrected chi connectivity index (χ4v) is 2.15. The van der Waals surface area contributed by atoms with Crippen LogP contribution < -0.4 is 10.1 Å². The molecule has 1 aromatic carbocycles. The number of phenolic OH excluding ortho intramolecular Hbond substituents is 1. The fourth-order valence-electron chi connectivity index (χ4n) is 2.15. The molecule has 2 rings (SSSR count). The Balaban J connectivity index is 2.06. The first kappa shape index (κ1) is 13.8. The monoisotopic (exact) mass is 264 g/mol. The van der Waals surface area contributed by atoms with Gasteiger partial charge in [0.15, 0.2) is 5.78 Å². The van der Waals surface area contributed by atoms with E-state index < -0.39 is 0 Å². The third-order valence-corrected chi connectivity index (χ3v) is 3.16. The van der Waals surface area contributed by atoms with E-state index in [1.807, 2.05) is 6.92 Å². The maximum Gasteiger partial charge on any atom is 0.180 e. The molecule has 1 heterocycles. The number of aromatic hydroxyl groups is 1. The second-order valence-electron chi connectivity index (χ2n) is 4.56. The minimum atomic E-state index is -0.0686. The summed E-state index contributed by atoms with van der Waals surface area (Å²) in [5, 5.41) is 13.0. The van der Waals surface area contributed by atoms with Crippen molar-refractivity contribution in [2.24, 2.45) is 0 Å². The van der Waals surface area contributed by atoms with Gasteiger partial charge in [-0.25, -0.2) is 0 Å². The molecule has 0 unspecified atom stereocenters. The molecule has 0 atom stereocenters. The van der Waals surface area contributed by atoms with E-state index in [0.717, 1.165) is 26.2 Å². The molecule has 1 saturated heterocycles. The van der Waals surface area contributed by atoms with Crippen molar-refractivity contribution in [1.82, 2.24) is 10.2 Å². The molecule has 5 heteroatoms. The molecule has 0 amide bonds. The van der Waals surface area contributed by atoms with Crippen LogP contribution in [0.4, 0.5) is 0 Å². The molecule has 1 aliphatic heterocycles. The van der Waals surface area contributed by atoms with Crippen molar-refractivity contribution in [2.45, 2.75) is 6.92 Å². The van der Waals surface area contributed by atoms with E-state index in [-0.39, 0.29) is 11.5 Å². The van der Waals surface area contributed by atoms with Crippen LogP contribution in [-0.4, -0.2) is 55.1 Å². The number of ether oxygens (including phenoxy) is 1. The van der Waals surface area contributed by atoms with Gasteiger partial charge in [0.2, 0.25) is 0 Å². The zero-order valence-corrected chi connectivity index (χ0v) is 11.2. The smallest absolute Gasteiger partial charge is 0.180 e. The van der Waals surface area contributed by atoms with Crippen molar-refractivity contribution < 1.29 is 14.6 Å². The fraction of sp³-hybridized carbons (Fsp3) is 0.500. The second-order valence-corrected chi connectivity index (χ2v) is 4.56. The van der Waals surface area contributed by atoms with Gasteiger partial charge in [0.25, 0.3) is 0 Å². The number of hydrogen-bond acceptors (Lipinski definition) is 5. The first-order valence-corrected chi connectivity index (χ1v) is 6.63. The van der Waals surface area contributed by atoms with Crippen molar-refractivity contribution in [3.8, 4) is 11.5 Å². The third-order valence-electron chi connectivity index (χ3n) is 3.16. The van der Waals surface area contributed by atoms with Gasteiger partial charge in [-0.2, -0.15) is 0 Å². The maximum atomic E-state index is 12.2. The highest BCUT2D eigenvalue weighted by Gasteiger charge is 2.17. The first-order chi connectivity index (χ1) is 9.20. The number of rotatable bonds is 5. The Morgan fingerprint density at radius 2 is 2.16 bits per heavy atom. The predicted molar refractivity (Wildman–Crippen MR) is 72.9 cm³/mol. The molecular weight excluding hydrogens is 244 g/mol. The molecule has 0 radical (unpaired) electrons. The number of benzene rings is 1. The topological polar surface area (TPSA) is 61.8 Å². The lowest BCUT2D eigenvalue weighted by Crippen LogP contribution is -2.45. The molecule has 0 saturated carbocycles. The average Bonchev–Trinajstić information content (AvgIpc) is 2.42. The normalized spacial score (nSPS) is 16.3. The number of nitrogens with zero attached hydrogens (tertiary/aromatic N) is 1. The highest BCUT2D eigenvalue weighted by Crippen LogP contribution is 2.23. The number of piperazine rings is 1. The minimum absolute atomic E-state index is 0.0172. The van der Waals surface area contributed by atoms with Crippen molar-refractivity contribution in [3.63, 3.8) is 0 Å². The molecule has 1 aromatic rings. The number of hydrogen-bond donors (Lipinski definition) is 2. The average molecular weight is 264 g/mol. The summed E-state index contributed by atoms with van der Waals surface area (Å²) in [7, 11) is 0. The van der Waals surface area contributed by atoms with Crippen LogP contribution in [-0.2, 0) is 0 Å². The number of phenols is 1. The zero-order valence-electron chi connectivity index (χ0n) is 11.2. The quantitative estimate of drug-likeness (QED) is 0.773. The SMILES string of the molecule is CCOc1ccc(O)c(C(=O)CN2CCNCC2)c1. The summed E-state index contributed by atoms with van der Waals surface area (Å²) in [5.74, 6) is 0.563. The van der Waals surface area contributed by atoms with Gasteiger partial charge in [-0.1, -0.05) is 0 Å². The molecule has 0 bridgehead atoms. The van der Waals surface area contributed by atoms with E-state index in [0.29, 0.717) is 24.5 Å². The predicted octanol–water partition coefficient (Wildman–Crippen LogP) is 0.879. The second kappa shape index (κ2) is 6.54. The molecule has 5 nitrogen and oxygen atoms in total. The van der Waals surface area contributed by atoms with E-state index in [1.54, 1.807) is 12.1 Å². The largest absolute Gasteiger partial charge is 0.507 e. The summed E-state index contributed by atoms with van der Waals surface area (Å²) in [6.45, 7) is 6.28. The van der Waals surface area contributed by atoms with Crippen LogP contribution in [0.2, 0.25) is 0 Å². The Bertz CT molecular complexity index is 442. The van der Waals surface area contributed by atoms with E-state index in [2.05, 4.69) is 10.2 Å². The molecule has 104 valence electrons. The van der Waals surface area contributed by atoms with Gasteiger partial charge >= 0.3 is 0 Å². The Morgan fingerprint density at radius 1 is 1.42 bits per heavy atom. The molecule has 2 N–H and O–H groups in total. The van der Waals surface area contributed by atoms with E-state index in [4.69, 9.17) is 4.74 Å². The van der Waals surface area contributed by atoms with Crippen molar-refractivity contribution in [3.05, 3.63) is 23.8 Å². The Morgan fingerprint density at radius 3 is 2.84 bits per heavy atom. The molecular formula is C14H20N2O3. The van der Waals surface area contributed by atoms with Crippen LogP contribution in [0.15, 0.2) is 18.2 Å². The van der Waals surface area contributed by atoms with Crippen LogP contribution in [0.5, 0.6) is 11.5 Å². The summed E-state index contributed by atoms with van der Waals surface area (Å²) in [4.78, 5) is 14.3. The van der Waals surface area contributed by atoms with Gasteiger partial charge in [0.1, 0.15) is 11.5 Å². The summed E-state index contributed by atoms with van der Waals surface area (Å²) in [6.07, 6.45) is 0. The Kier molecular flexibility index (Phi) is 4.76. The summed E-state index contributed by atoms with van der Waals surface area (Å²) < 4.78 is 5.35. The van der Waals surface area contributed by atoms with Gasteiger partial charge < -0.3 is 15.2 Å². The van der Waals surface area contributed by atoms with Gasteiger partial charge in [0, 0.05) is 26.2 Å². The maximum absolute atomic E-state index is 12.2. The number of Topliss-reactive ketones (excluding diaryl/α,β-unsaturated/α-hetero) is 1. The summed E-state index contributed by atoms with van der Waals surface area (Å²) in [6, 6.07) is 4.79. The lowest BCUT2D eigenvalue weighted by molar-refractivity contribution is 0.0918. The van der Waals surface area contributed by atoms with Crippen LogP contribution in [0.1, 0.15) is 17.3 Å². The molecule has 0 aliphatic carbocycles. The van der Waals surface area contributed by atoms with E-state index in [9.17, 15) is 9.90 Å². The molecule has 0 spiro atoms. The standard InChI is InChI=1S/C14H20N2O3/c1-2-19-11-3-4-13(17)12(9-11)14(18)10-16-7-5-15-6-8-16/h3-4,9,15,17H,2,5-8,10H2,1H3. The van der Waals surface area contributed by atoms with Crippen molar-refractivity contribution in [2.75, 3.05) is 39.3 Å². The van der Waals surface area contributed by atoms with Crippen molar-refractivity contribution >= 4 is 5.78 Å². The third kappa shape index (κ3) is 3.68. The number of carbonyl (C=O) groups is 1. The number of carbonyl (C=O) groups excluding carboxylic acids is 1. The molecule has 1 fully saturated rings. The van der Waals surface area contributed by atoms with Gasteiger partial charge in [-0.3, -0.25) is 9.69 Å². The minimum Gasteiger partial charge on any atom is -0.507 e. The molecule has 0 aromatic heterocycles. The van der Waals surface area contributed by atoms with Crippen LogP contribution in [0.25, 0.3) is 0 Å². The summed E-state index contributed by atoms with van der Waals surface area (Å²) >= 11 is 0. The number of ketones is 1. The zero-order chi connectivity index (χ0) is 13.7. The highest BCUT2D eigenvalue weighted by molar-refractivity contribution is 6.00.